The van der Waals surface area contributed by atoms with Crippen LogP contribution in [0.25, 0.3) is 5.69 Å². The molecule has 10 heteroatoms. The number of amides is 2. The van der Waals surface area contributed by atoms with Crippen molar-refractivity contribution >= 4 is 23.3 Å². The van der Waals surface area contributed by atoms with E-state index in [1.165, 1.54) is 19.0 Å². The van der Waals surface area contributed by atoms with Gasteiger partial charge < -0.3 is 20.6 Å². The minimum absolute atomic E-state index is 0.268. The largest absolute Gasteiger partial charge is 0.390 e. The van der Waals surface area contributed by atoms with Gasteiger partial charge in [-0.1, -0.05) is 18.2 Å². The maximum atomic E-state index is 12.2. The van der Waals surface area contributed by atoms with E-state index in [9.17, 15) is 14.7 Å². The second-order valence-corrected chi connectivity index (χ2v) is 7.50. The quantitative estimate of drug-likeness (QED) is 0.490. The number of likely N-dealkylation sites (tertiary alicyclic amines) is 1. The number of aliphatic hydroxyl groups is 1. The van der Waals surface area contributed by atoms with Crippen LogP contribution in [0, 0.1) is 0 Å². The third-order valence-corrected chi connectivity index (χ3v) is 5.01. The molecule has 1 saturated heterocycles. The monoisotopic (exact) mass is 423 g/mol. The van der Waals surface area contributed by atoms with Crippen LogP contribution < -0.4 is 10.6 Å². The van der Waals surface area contributed by atoms with E-state index in [1.807, 2.05) is 30.3 Å². The van der Waals surface area contributed by atoms with E-state index < -0.39 is 17.9 Å². The van der Waals surface area contributed by atoms with Crippen molar-refractivity contribution in [1.82, 2.24) is 24.5 Å². The number of β-amino-alcohol motifs (C(OH)–C–C–N with tert-alkyl or cyclic N) is 1. The number of carbonyl (C=O) groups is 2. The Hall–Kier alpha value is -3.50. The first kappa shape index (κ1) is 20.8. The number of hydrogen-bond acceptors (Lipinski definition) is 6. The Kier molecular flexibility index (Phi) is 6.39. The molecule has 4 rings (SSSR count). The number of aliphatic hydroxyl groups excluding tert-OH is 1. The van der Waals surface area contributed by atoms with E-state index in [-0.39, 0.29) is 5.82 Å². The predicted octanol–water partition coefficient (Wildman–Crippen LogP) is 1.10. The molecule has 162 valence electrons. The molecular formula is C21H25N7O3. The first-order valence-corrected chi connectivity index (χ1v) is 10.2. The Labute approximate surface area is 179 Å². The first-order valence-electron chi connectivity index (χ1n) is 10.2. The minimum atomic E-state index is -0.833. The van der Waals surface area contributed by atoms with Crippen LogP contribution in [0.15, 0.2) is 55.0 Å². The summed E-state index contributed by atoms with van der Waals surface area (Å²) in [4.78, 5) is 26.6. The Balaban J connectivity index is 1.27. The van der Waals surface area contributed by atoms with Crippen molar-refractivity contribution in [2.75, 3.05) is 30.3 Å². The minimum Gasteiger partial charge on any atom is -0.390 e. The summed E-state index contributed by atoms with van der Waals surface area (Å²) in [6, 6.07) is 11.0. The zero-order chi connectivity index (χ0) is 21.6. The molecule has 3 N–H and O–H groups in total. The zero-order valence-electron chi connectivity index (χ0n) is 17.0. The average molecular weight is 423 g/mol. The molecule has 10 nitrogen and oxygen atoms in total. The third kappa shape index (κ3) is 5.56. The number of para-hydroxylation sites is 1. The number of carbonyl (C=O) groups excluding carboxylic acids is 2. The Bertz CT molecular complexity index is 1020. The van der Waals surface area contributed by atoms with Gasteiger partial charge in [-0.15, -0.1) is 0 Å². The predicted molar refractivity (Wildman–Crippen MR) is 115 cm³/mol. The summed E-state index contributed by atoms with van der Waals surface area (Å²) in [5, 5.41) is 23.6. The smallest absolute Gasteiger partial charge is 0.315 e. The van der Waals surface area contributed by atoms with Gasteiger partial charge in [0.15, 0.2) is 5.82 Å². The molecular weight excluding hydrogens is 398 g/mol. The van der Waals surface area contributed by atoms with Gasteiger partial charge in [-0.2, -0.15) is 10.2 Å². The Morgan fingerprint density at radius 2 is 1.77 bits per heavy atom. The fraction of sp³-hybridized carbons (Fsp3) is 0.333. The molecule has 1 aliphatic rings. The number of aromatic nitrogens is 4. The van der Waals surface area contributed by atoms with Crippen LogP contribution in [-0.4, -0.2) is 67.1 Å². The summed E-state index contributed by atoms with van der Waals surface area (Å²) in [6.45, 7) is 2.93. The van der Waals surface area contributed by atoms with E-state index in [4.69, 9.17) is 0 Å². The van der Waals surface area contributed by atoms with Crippen LogP contribution in [0.5, 0.6) is 0 Å². The van der Waals surface area contributed by atoms with Crippen molar-refractivity contribution in [3.63, 3.8) is 0 Å². The standard InChI is InChI=1S/C21H25N7O3/c29-18(14-26-9-4-5-10-26)15-27-13-16(12-22-27)23-20(30)21(31)24-19-8-11-28(25-19)17-6-2-1-3-7-17/h1-3,6-8,11-13,18,29H,4-5,9-10,14-15H2,(H,23,30)(H,24,25,31)/t18-/m0/s1. The summed E-state index contributed by atoms with van der Waals surface area (Å²) < 4.78 is 3.15. The van der Waals surface area contributed by atoms with Crippen LogP contribution in [-0.2, 0) is 16.1 Å². The highest BCUT2D eigenvalue weighted by Gasteiger charge is 2.18. The van der Waals surface area contributed by atoms with E-state index >= 15 is 0 Å². The average Bonchev–Trinajstić information content (AvgIpc) is 3.52. The number of nitrogens with zero attached hydrogens (tertiary/aromatic N) is 5. The Morgan fingerprint density at radius 1 is 1.03 bits per heavy atom. The number of nitrogens with one attached hydrogen (secondary N) is 2. The highest BCUT2D eigenvalue weighted by Crippen LogP contribution is 2.11. The van der Waals surface area contributed by atoms with Crippen molar-refractivity contribution in [3.05, 3.63) is 55.0 Å². The lowest BCUT2D eigenvalue weighted by Gasteiger charge is -2.19. The van der Waals surface area contributed by atoms with Gasteiger partial charge in [0.1, 0.15) is 0 Å². The van der Waals surface area contributed by atoms with Gasteiger partial charge in [-0.25, -0.2) is 4.68 Å². The zero-order valence-corrected chi connectivity index (χ0v) is 17.0. The lowest BCUT2D eigenvalue weighted by atomic mass is 10.3. The molecule has 31 heavy (non-hydrogen) atoms. The third-order valence-electron chi connectivity index (χ3n) is 5.01. The molecule has 0 bridgehead atoms. The van der Waals surface area contributed by atoms with Gasteiger partial charge in [-0.05, 0) is 38.1 Å². The number of anilines is 2. The summed E-state index contributed by atoms with van der Waals surface area (Å²) in [7, 11) is 0. The highest BCUT2D eigenvalue weighted by molar-refractivity contribution is 6.43. The summed E-state index contributed by atoms with van der Waals surface area (Å²) >= 11 is 0. The molecule has 3 aromatic rings. The Morgan fingerprint density at radius 3 is 2.55 bits per heavy atom. The van der Waals surface area contributed by atoms with Crippen LogP contribution in [0.3, 0.4) is 0 Å². The maximum absolute atomic E-state index is 12.2. The number of rotatable bonds is 7. The maximum Gasteiger partial charge on any atom is 0.315 e. The van der Waals surface area contributed by atoms with Crippen molar-refractivity contribution in [1.29, 1.82) is 0 Å². The second kappa shape index (κ2) is 9.54. The van der Waals surface area contributed by atoms with Crippen molar-refractivity contribution < 1.29 is 14.7 Å². The van der Waals surface area contributed by atoms with Crippen LogP contribution in [0.4, 0.5) is 11.5 Å². The molecule has 3 heterocycles. The fourth-order valence-corrected chi connectivity index (χ4v) is 3.54. The molecule has 1 aromatic carbocycles. The molecule has 0 aliphatic carbocycles. The highest BCUT2D eigenvalue weighted by atomic mass is 16.3. The van der Waals surface area contributed by atoms with Gasteiger partial charge in [0.05, 0.1) is 30.2 Å². The molecule has 2 aromatic heterocycles. The van der Waals surface area contributed by atoms with E-state index in [2.05, 4.69) is 25.7 Å². The van der Waals surface area contributed by atoms with E-state index in [0.717, 1.165) is 18.8 Å². The fourth-order valence-electron chi connectivity index (χ4n) is 3.54. The van der Waals surface area contributed by atoms with Gasteiger partial charge in [0, 0.05) is 25.0 Å². The van der Waals surface area contributed by atoms with E-state index in [0.29, 0.717) is 18.8 Å². The number of hydrogen-bond donors (Lipinski definition) is 3. The topological polar surface area (TPSA) is 117 Å². The summed E-state index contributed by atoms with van der Waals surface area (Å²) in [5.41, 5.74) is 1.22. The summed E-state index contributed by atoms with van der Waals surface area (Å²) in [6.07, 6.45) is 6.50. The SMILES string of the molecule is O=C(Nc1cnn(C[C@@H](O)CN2CCCC2)c1)C(=O)Nc1ccn(-c2ccccc2)n1. The molecule has 2 amide bonds. The first-order chi connectivity index (χ1) is 15.1. The molecule has 0 spiro atoms. The molecule has 0 unspecified atom stereocenters. The van der Waals surface area contributed by atoms with Gasteiger partial charge >= 0.3 is 11.8 Å². The van der Waals surface area contributed by atoms with Crippen LogP contribution >= 0.6 is 0 Å². The molecule has 0 saturated carbocycles. The van der Waals surface area contributed by atoms with Gasteiger partial charge in [0.2, 0.25) is 0 Å². The van der Waals surface area contributed by atoms with Crippen LogP contribution in [0.2, 0.25) is 0 Å². The second-order valence-electron chi connectivity index (χ2n) is 7.50. The molecule has 1 fully saturated rings. The van der Waals surface area contributed by atoms with Crippen molar-refractivity contribution in [3.8, 4) is 5.69 Å². The normalized spacial score (nSPS) is 15.0. The van der Waals surface area contributed by atoms with Crippen molar-refractivity contribution in [2.24, 2.45) is 0 Å². The summed E-state index contributed by atoms with van der Waals surface area (Å²) in [5.74, 6) is -1.39. The van der Waals surface area contributed by atoms with E-state index in [1.54, 1.807) is 27.8 Å². The molecule has 1 atom stereocenters. The molecule has 0 radical (unpaired) electrons. The van der Waals surface area contributed by atoms with Crippen LogP contribution in [0.1, 0.15) is 12.8 Å². The lowest BCUT2D eigenvalue weighted by Crippen LogP contribution is -2.32. The van der Waals surface area contributed by atoms with Gasteiger partial charge in [0.25, 0.3) is 0 Å². The molecule has 1 aliphatic heterocycles. The van der Waals surface area contributed by atoms with Gasteiger partial charge in [-0.3, -0.25) is 14.3 Å². The lowest BCUT2D eigenvalue weighted by molar-refractivity contribution is -0.133. The number of benzene rings is 1. The van der Waals surface area contributed by atoms with Crippen molar-refractivity contribution in [2.45, 2.75) is 25.5 Å².